The molecule has 0 spiro atoms. The smallest absolute Gasteiger partial charge is 0.165 e. The Morgan fingerprint density at radius 3 is 2.90 bits per heavy atom. The van der Waals surface area contributed by atoms with Crippen molar-refractivity contribution in [2.75, 3.05) is 20.7 Å². The number of fused-ring (bicyclic) bond motifs is 1. The lowest BCUT2D eigenvalue weighted by Crippen LogP contribution is -2.35. The largest absolute Gasteiger partial charge is 0.387 e. The molecule has 21 heavy (non-hydrogen) atoms. The van der Waals surface area contributed by atoms with E-state index in [2.05, 4.69) is 15.0 Å². The fourth-order valence-corrected chi connectivity index (χ4v) is 2.29. The minimum absolute atomic E-state index is 0.142. The zero-order valence-electron chi connectivity index (χ0n) is 11.7. The van der Waals surface area contributed by atoms with Gasteiger partial charge in [0.1, 0.15) is 30.2 Å². The summed E-state index contributed by atoms with van der Waals surface area (Å²) in [6.45, 7) is 0.142. The Labute approximate surface area is 120 Å². The number of aromatic nitrogens is 4. The molecule has 2 aromatic rings. The highest BCUT2D eigenvalue weighted by Crippen LogP contribution is 2.31. The second-order valence-electron chi connectivity index (χ2n) is 5.04. The summed E-state index contributed by atoms with van der Waals surface area (Å²) >= 11 is 0. The van der Waals surface area contributed by atoms with Crippen LogP contribution in [0.3, 0.4) is 0 Å². The van der Waals surface area contributed by atoms with E-state index in [1.807, 2.05) is 0 Å². The van der Waals surface area contributed by atoms with Crippen LogP contribution in [0.15, 0.2) is 18.9 Å². The molecule has 1 aliphatic rings. The lowest BCUT2D eigenvalue weighted by Gasteiger charge is -2.17. The van der Waals surface area contributed by atoms with Crippen LogP contribution in [0.25, 0.3) is 11.2 Å². The summed E-state index contributed by atoms with van der Waals surface area (Å²) in [6, 6.07) is 0. The molecule has 0 radical (unpaired) electrons. The van der Waals surface area contributed by atoms with Gasteiger partial charge in [0.15, 0.2) is 11.9 Å². The van der Waals surface area contributed by atoms with Crippen molar-refractivity contribution in [3.05, 3.63) is 18.9 Å². The van der Waals surface area contributed by atoms with E-state index in [-0.39, 0.29) is 6.61 Å². The molecule has 1 aliphatic heterocycles. The molecular weight excluding hydrogens is 278 g/mol. The van der Waals surface area contributed by atoms with Gasteiger partial charge in [-0.1, -0.05) is 0 Å². The van der Waals surface area contributed by atoms with Crippen molar-refractivity contribution in [3.63, 3.8) is 0 Å². The number of rotatable bonds is 4. The molecule has 0 amide bonds. The Morgan fingerprint density at radius 1 is 1.33 bits per heavy atom. The first-order valence-electron chi connectivity index (χ1n) is 6.52. The molecule has 0 saturated carbocycles. The monoisotopic (exact) mass is 295 g/mol. The summed E-state index contributed by atoms with van der Waals surface area (Å²) in [6.07, 6.45) is 0.938. The molecule has 1 saturated heterocycles. The summed E-state index contributed by atoms with van der Waals surface area (Å²) in [5.41, 5.74) is 1.13. The minimum Gasteiger partial charge on any atom is -0.387 e. The average molecular weight is 295 g/mol. The molecule has 9 nitrogen and oxygen atoms in total. The lowest BCUT2D eigenvalue weighted by molar-refractivity contribution is -0.165. The molecule has 0 aliphatic carbocycles. The highest BCUT2D eigenvalue weighted by molar-refractivity contribution is 5.68. The van der Waals surface area contributed by atoms with E-state index in [0.29, 0.717) is 11.2 Å². The van der Waals surface area contributed by atoms with Gasteiger partial charge in [-0.05, 0) is 0 Å². The van der Waals surface area contributed by atoms with Crippen molar-refractivity contribution in [3.8, 4) is 0 Å². The quantitative estimate of drug-likeness (QED) is 0.688. The third-order valence-corrected chi connectivity index (χ3v) is 3.35. The molecule has 3 rings (SSSR count). The van der Waals surface area contributed by atoms with Crippen LogP contribution in [0.1, 0.15) is 6.23 Å². The van der Waals surface area contributed by atoms with Crippen LogP contribution >= 0.6 is 0 Å². The topological polar surface area (TPSA) is 106 Å². The fraction of sp³-hybridized carbons (Fsp3) is 0.583. The van der Waals surface area contributed by atoms with Gasteiger partial charge < -0.3 is 14.9 Å². The van der Waals surface area contributed by atoms with Gasteiger partial charge in [0, 0.05) is 14.1 Å². The standard InChI is InChI=1S/C12H17N5O4/c1-16(2)20-4-8-9(18)10(19)12(21-8)17-6-15-7-3-13-5-14-11(7)17/h3,5-6,8-10,12,18-19H,4H2,1-2H3/t8-,9-,10-,12-/m1/s1. The number of hydrogen-bond donors (Lipinski definition) is 2. The van der Waals surface area contributed by atoms with Gasteiger partial charge in [0.25, 0.3) is 0 Å². The first-order valence-corrected chi connectivity index (χ1v) is 6.52. The minimum atomic E-state index is -1.09. The number of imidazole rings is 1. The number of aliphatic hydroxyl groups excluding tert-OH is 2. The second-order valence-corrected chi connectivity index (χ2v) is 5.04. The van der Waals surface area contributed by atoms with Crippen LogP contribution in [-0.2, 0) is 9.57 Å². The van der Waals surface area contributed by atoms with Gasteiger partial charge in [-0.25, -0.2) is 15.0 Å². The molecule has 2 aromatic heterocycles. The summed E-state index contributed by atoms with van der Waals surface area (Å²) in [5.74, 6) is 0. The van der Waals surface area contributed by atoms with E-state index in [9.17, 15) is 10.2 Å². The molecule has 1 fully saturated rings. The SMILES string of the molecule is CN(C)OC[C@H]1O[C@@H](n2cnc3cncnc32)[C@H](O)[C@@H]1O. The Hall–Kier alpha value is -1.65. The molecule has 0 unspecified atom stereocenters. The first kappa shape index (κ1) is 14.3. The zero-order chi connectivity index (χ0) is 15.0. The number of nitrogens with zero attached hydrogens (tertiary/aromatic N) is 5. The van der Waals surface area contributed by atoms with Crippen LogP contribution in [-0.4, -0.2) is 73.8 Å². The number of ether oxygens (including phenoxy) is 1. The van der Waals surface area contributed by atoms with Gasteiger partial charge in [0.05, 0.1) is 19.1 Å². The van der Waals surface area contributed by atoms with E-state index in [1.165, 1.54) is 17.7 Å². The fourth-order valence-electron chi connectivity index (χ4n) is 2.29. The highest BCUT2D eigenvalue weighted by Gasteiger charge is 2.44. The second kappa shape index (κ2) is 5.62. The Bertz CT molecular complexity index is 618. The van der Waals surface area contributed by atoms with E-state index in [1.54, 1.807) is 24.9 Å². The number of aliphatic hydroxyl groups is 2. The van der Waals surface area contributed by atoms with Crippen LogP contribution in [0.4, 0.5) is 0 Å². The van der Waals surface area contributed by atoms with Crippen LogP contribution in [0.5, 0.6) is 0 Å². The van der Waals surface area contributed by atoms with E-state index in [0.717, 1.165) is 0 Å². The molecule has 114 valence electrons. The van der Waals surface area contributed by atoms with E-state index in [4.69, 9.17) is 9.57 Å². The maximum absolute atomic E-state index is 10.2. The molecule has 9 heteroatoms. The summed E-state index contributed by atoms with van der Waals surface area (Å²) in [4.78, 5) is 17.4. The molecular formula is C12H17N5O4. The van der Waals surface area contributed by atoms with Crippen molar-refractivity contribution >= 4 is 11.2 Å². The third kappa shape index (κ3) is 2.61. The third-order valence-electron chi connectivity index (χ3n) is 3.35. The first-order chi connectivity index (χ1) is 10.1. The number of hydroxylamine groups is 2. The number of hydrogen-bond acceptors (Lipinski definition) is 8. The van der Waals surface area contributed by atoms with Gasteiger partial charge in [-0.2, -0.15) is 5.06 Å². The Morgan fingerprint density at radius 2 is 2.14 bits per heavy atom. The normalized spacial score (nSPS) is 29.6. The summed E-state index contributed by atoms with van der Waals surface area (Å²) in [7, 11) is 3.46. The Kier molecular flexibility index (Phi) is 3.83. The average Bonchev–Trinajstić information content (AvgIpc) is 3.00. The van der Waals surface area contributed by atoms with Gasteiger partial charge >= 0.3 is 0 Å². The van der Waals surface area contributed by atoms with Crippen molar-refractivity contribution < 1.29 is 19.8 Å². The van der Waals surface area contributed by atoms with Crippen LogP contribution in [0, 0.1) is 0 Å². The molecule has 2 N–H and O–H groups in total. The highest BCUT2D eigenvalue weighted by atomic mass is 16.7. The summed E-state index contributed by atoms with van der Waals surface area (Å²) in [5, 5.41) is 21.8. The zero-order valence-corrected chi connectivity index (χ0v) is 11.7. The molecule has 4 atom stereocenters. The maximum Gasteiger partial charge on any atom is 0.165 e. The van der Waals surface area contributed by atoms with Crippen molar-refractivity contribution in [1.82, 2.24) is 24.6 Å². The van der Waals surface area contributed by atoms with E-state index >= 15 is 0 Å². The maximum atomic E-state index is 10.2. The van der Waals surface area contributed by atoms with Crippen molar-refractivity contribution in [2.24, 2.45) is 0 Å². The van der Waals surface area contributed by atoms with Gasteiger partial charge in [-0.15, -0.1) is 0 Å². The van der Waals surface area contributed by atoms with Crippen LogP contribution in [0.2, 0.25) is 0 Å². The van der Waals surface area contributed by atoms with Crippen molar-refractivity contribution in [1.29, 1.82) is 0 Å². The van der Waals surface area contributed by atoms with E-state index < -0.39 is 24.5 Å². The molecule has 0 aromatic carbocycles. The van der Waals surface area contributed by atoms with Crippen molar-refractivity contribution in [2.45, 2.75) is 24.5 Å². The molecule has 0 bridgehead atoms. The molecule has 3 heterocycles. The van der Waals surface area contributed by atoms with Gasteiger partial charge in [-0.3, -0.25) is 9.40 Å². The predicted molar refractivity (Wildman–Crippen MR) is 70.9 cm³/mol. The van der Waals surface area contributed by atoms with Gasteiger partial charge in [0.2, 0.25) is 0 Å². The lowest BCUT2D eigenvalue weighted by atomic mass is 10.1. The van der Waals surface area contributed by atoms with Crippen LogP contribution < -0.4 is 0 Å². The predicted octanol–water partition coefficient (Wildman–Crippen LogP) is -1.06. The Balaban J connectivity index is 1.82. The summed E-state index contributed by atoms with van der Waals surface area (Å²) < 4.78 is 7.28.